The molecular weight excluding hydrogens is 284 g/mol. The van der Waals surface area contributed by atoms with Crippen LogP contribution in [0.1, 0.15) is 0 Å². The Morgan fingerprint density at radius 2 is 2.00 bits per heavy atom. The molecule has 0 spiro atoms. The van der Waals surface area contributed by atoms with Gasteiger partial charge in [0.1, 0.15) is 5.69 Å². The number of piperazine rings is 1. The van der Waals surface area contributed by atoms with Gasteiger partial charge in [-0.3, -0.25) is 20.0 Å². The van der Waals surface area contributed by atoms with Gasteiger partial charge in [0, 0.05) is 38.9 Å². The van der Waals surface area contributed by atoms with Crippen molar-refractivity contribution in [1.29, 1.82) is 0 Å². The third-order valence-corrected chi connectivity index (χ3v) is 4.05. The number of rotatable bonds is 4. The molecule has 1 saturated heterocycles. The molecule has 22 heavy (non-hydrogen) atoms. The smallest absolute Gasteiger partial charge is 0.301 e. The van der Waals surface area contributed by atoms with E-state index in [0.717, 1.165) is 13.1 Å². The first kappa shape index (κ1) is 14.7. The monoisotopic (exact) mass is 302 g/mol. The van der Waals surface area contributed by atoms with Gasteiger partial charge in [0.25, 0.3) is 0 Å². The summed E-state index contributed by atoms with van der Waals surface area (Å²) in [5.74, 6) is 0. The zero-order valence-electron chi connectivity index (χ0n) is 12.2. The molecular formula is C15H18N4O3. The Morgan fingerprint density at radius 1 is 1.23 bits per heavy atom. The highest BCUT2D eigenvalue weighted by Gasteiger charge is 2.25. The SMILES string of the molecule is O=[N+]([O-])c1c(N2CCN(CCO)CC2)ccc2ncccc12. The van der Waals surface area contributed by atoms with Crippen molar-refractivity contribution in [2.75, 3.05) is 44.2 Å². The topological polar surface area (TPSA) is 82.7 Å². The van der Waals surface area contributed by atoms with Gasteiger partial charge in [0.15, 0.2) is 0 Å². The number of nitrogens with zero attached hydrogens (tertiary/aromatic N) is 4. The summed E-state index contributed by atoms with van der Waals surface area (Å²) >= 11 is 0. The lowest BCUT2D eigenvalue weighted by Crippen LogP contribution is -2.47. The molecule has 3 rings (SSSR count). The Kier molecular flexibility index (Phi) is 4.17. The molecule has 1 aromatic heterocycles. The summed E-state index contributed by atoms with van der Waals surface area (Å²) in [4.78, 5) is 19.6. The summed E-state index contributed by atoms with van der Waals surface area (Å²) in [6.45, 7) is 3.81. The lowest BCUT2D eigenvalue weighted by atomic mass is 10.1. The van der Waals surface area contributed by atoms with Crippen molar-refractivity contribution >= 4 is 22.3 Å². The van der Waals surface area contributed by atoms with Crippen LogP contribution in [0.15, 0.2) is 30.5 Å². The van der Waals surface area contributed by atoms with Crippen LogP contribution in [-0.4, -0.2) is 59.2 Å². The van der Waals surface area contributed by atoms with Crippen molar-refractivity contribution in [3.8, 4) is 0 Å². The minimum Gasteiger partial charge on any atom is -0.395 e. The van der Waals surface area contributed by atoms with E-state index >= 15 is 0 Å². The second-order valence-electron chi connectivity index (χ2n) is 5.31. The quantitative estimate of drug-likeness (QED) is 0.676. The molecule has 0 aliphatic carbocycles. The zero-order chi connectivity index (χ0) is 15.5. The largest absolute Gasteiger partial charge is 0.395 e. The third-order valence-electron chi connectivity index (χ3n) is 4.05. The standard InChI is InChI=1S/C15H18N4O3/c20-11-10-17-6-8-18(9-7-17)14-4-3-13-12(2-1-5-16-13)15(14)19(21)22/h1-5,20H,6-11H2. The minimum atomic E-state index is -0.320. The van der Waals surface area contributed by atoms with Crippen molar-refractivity contribution in [2.45, 2.75) is 0 Å². The van der Waals surface area contributed by atoms with E-state index in [1.807, 2.05) is 11.0 Å². The average Bonchev–Trinajstić information content (AvgIpc) is 2.54. The number of benzene rings is 1. The molecule has 0 unspecified atom stereocenters. The highest BCUT2D eigenvalue weighted by Crippen LogP contribution is 2.35. The zero-order valence-corrected chi connectivity index (χ0v) is 12.2. The molecule has 0 radical (unpaired) electrons. The predicted octanol–water partition coefficient (Wildman–Crippen LogP) is 1.26. The van der Waals surface area contributed by atoms with Crippen LogP contribution in [0.2, 0.25) is 0 Å². The molecule has 0 atom stereocenters. The maximum Gasteiger partial charge on any atom is 0.301 e. The molecule has 7 heteroatoms. The Bertz CT molecular complexity index is 684. The number of anilines is 1. The Labute approximate surface area is 127 Å². The number of hydrogen-bond donors (Lipinski definition) is 1. The molecule has 1 N–H and O–H groups in total. The van der Waals surface area contributed by atoms with E-state index in [-0.39, 0.29) is 17.2 Å². The highest BCUT2D eigenvalue weighted by molar-refractivity contribution is 5.94. The van der Waals surface area contributed by atoms with Crippen LogP contribution < -0.4 is 4.90 Å². The maximum atomic E-state index is 11.6. The number of aliphatic hydroxyl groups excluding tert-OH is 1. The summed E-state index contributed by atoms with van der Waals surface area (Å²) < 4.78 is 0. The molecule has 0 amide bonds. The fraction of sp³-hybridized carbons (Fsp3) is 0.400. The molecule has 1 aliphatic rings. The fourth-order valence-corrected chi connectivity index (χ4v) is 2.93. The van der Waals surface area contributed by atoms with E-state index in [4.69, 9.17) is 5.11 Å². The Hall–Kier alpha value is -2.25. The van der Waals surface area contributed by atoms with Gasteiger partial charge >= 0.3 is 5.69 Å². The van der Waals surface area contributed by atoms with E-state index in [1.165, 1.54) is 0 Å². The predicted molar refractivity (Wildman–Crippen MR) is 84.1 cm³/mol. The number of β-amino-alcohol motifs (C(OH)–C–C–N with tert-alkyl or cyclic N) is 1. The Morgan fingerprint density at radius 3 is 2.68 bits per heavy atom. The molecule has 2 heterocycles. The molecule has 7 nitrogen and oxygen atoms in total. The molecule has 1 aliphatic heterocycles. The maximum absolute atomic E-state index is 11.6. The lowest BCUT2D eigenvalue weighted by molar-refractivity contribution is -0.382. The first-order chi connectivity index (χ1) is 10.7. The molecule has 0 bridgehead atoms. The average molecular weight is 302 g/mol. The second-order valence-corrected chi connectivity index (χ2v) is 5.31. The summed E-state index contributed by atoms with van der Waals surface area (Å²) in [6.07, 6.45) is 1.64. The van der Waals surface area contributed by atoms with Crippen LogP contribution >= 0.6 is 0 Å². The number of fused-ring (bicyclic) bond motifs is 1. The van der Waals surface area contributed by atoms with Crippen molar-refractivity contribution in [3.05, 3.63) is 40.6 Å². The molecule has 116 valence electrons. The lowest BCUT2D eigenvalue weighted by Gasteiger charge is -2.35. The molecule has 1 fully saturated rings. The van der Waals surface area contributed by atoms with E-state index in [9.17, 15) is 10.1 Å². The number of nitro groups is 1. The van der Waals surface area contributed by atoms with E-state index < -0.39 is 0 Å². The van der Waals surface area contributed by atoms with E-state index in [1.54, 1.807) is 24.4 Å². The Balaban J connectivity index is 1.94. The fourth-order valence-electron chi connectivity index (χ4n) is 2.93. The first-order valence-corrected chi connectivity index (χ1v) is 7.31. The van der Waals surface area contributed by atoms with Crippen molar-refractivity contribution in [2.24, 2.45) is 0 Å². The number of pyridine rings is 1. The summed E-state index contributed by atoms with van der Waals surface area (Å²) in [5.41, 5.74) is 1.41. The minimum absolute atomic E-state index is 0.126. The van der Waals surface area contributed by atoms with Gasteiger partial charge < -0.3 is 10.0 Å². The second kappa shape index (κ2) is 6.25. The van der Waals surface area contributed by atoms with Gasteiger partial charge in [-0.2, -0.15) is 0 Å². The summed E-state index contributed by atoms with van der Waals surface area (Å²) in [5, 5.41) is 21.1. The van der Waals surface area contributed by atoms with Crippen LogP contribution in [0, 0.1) is 10.1 Å². The van der Waals surface area contributed by atoms with Gasteiger partial charge in [-0.15, -0.1) is 0 Å². The van der Waals surface area contributed by atoms with Crippen LogP contribution in [0.5, 0.6) is 0 Å². The van der Waals surface area contributed by atoms with Crippen molar-refractivity contribution in [3.63, 3.8) is 0 Å². The van der Waals surface area contributed by atoms with Crippen LogP contribution in [0.4, 0.5) is 11.4 Å². The van der Waals surface area contributed by atoms with Gasteiger partial charge in [-0.25, -0.2) is 0 Å². The molecule has 2 aromatic rings. The van der Waals surface area contributed by atoms with Crippen molar-refractivity contribution < 1.29 is 10.0 Å². The molecule has 0 saturated carbocycles. The van der Waals surface area contributed by atoms with Gasteiger partial charge in [0.2, 0.25) is 0 Å². The van der Waals surface area contributed by atoms with Crippen LogP contribution in [0.3, 0.4) is 0 Å². The number of nitro benzene ring substituents is 1. The van der Waals surface area contributed by atoms with E-state index in [2.05, 4.69) is 9.88 Å². The first-order valence-electron chi connectivity index (χ1n) is 7.31. The number of aromatic nitrogens is 1. The third kappa shape index (κ3) is 2.72. The van der Waals surface area contributed by atoms with Crippen molar-refractivity contribution in [1.82, 2.24) is 9.88 Å². The summed E-state index contributed by atoms with van der Waals surface area (Å²) in [6, 6.07) is 7.08. The molecule has 1 aromatic carbocycles. The summed E-state index contributed by atoms with van der Waals surface area (Å²) in [7, 11) is 0. The highest BCUT2D eigenvalue weighted by atomic mass is 16.6. The number of aliphatic hydroxyl groups is 1. The van der Waals surface area contributed by atoms with Gasteiger partial charge in [0.05, 0.1) is 22.4 Å². The van der Waals surface area contributed by atoms with E-state index in [0.29, 0.717) is 36.2 Å². The number of hydrogen-bond acceptors (Lipinski definition) is 6. The van der Waals surface area contributed by atoms with Crippen LogP contribution in [0.25, 0.3) is 10.9 Å². The van der Waals surface area contributed by atoms with Gasteiger partial charge in [-0.1, -0.05) is 0 Å². The normalized spacial score (nSPS) is 16.1. The van der Waals surface area contributed by atoms with Crippen LogP contribution in [-0.2, 0) is 0 Å². The van der Waals surface area contributed by atoms with Gasteiger partial charge in [-0.05, 0) is 24.3 Å².